The van der Waals surface area contributed by atoms with Crippen LogP contribution in [0.3, 0.4) is 0 Å². The first-order valence-corrected chi connectivity index (χ1v) is 6.95. The van der Waals surface area contributed by atoms with Crippen LogP contribution in [0.5, 0.6) is 0 Å². The van der Waals surface area contributed by atoms with Gasteiger partial charge < -0.3 is 0 Å². The number of imide groups is 1. The third-order valence-corrected chi connectivity index (χ3v) is 3.86. The Morgan fingerprint density at radius 1 is 1.14 bits per heavy atom. The summed E-state index contributed by atoms with van der Waals surface area (Å²) in [5, 5.41) is 7.33. The van der Waals surface area contributed by atoms with Crippen molar-refractivity contribution in [3.63, 3.8) is 0 Å². The van der Waals surface area contributed by atoms with Crippen LogP contribution in [0, 0.1) is 6.92 Å². The van der Waals surface area contributed by atoms with Crippen LogP contribution in [0.1, 0.15) is 45.2 Å². The average molecular weight is 295 g/mol. The Morgan fingerprint density at radius 2 is 1.77 bits per heavy atom. The van der Waals surface area contributed by atoms with E-state index in [0.717, 1.165) is 5.69 Å². The van der Waals surface area contributed by atoms with E-state index < -0.39 is 6.04 Å². The quantitative estimate of drug-likeness (QED) is 0.730. The standard InChI is InChI=1S/C15H13N5O2/c1-8-7-12-16-13(18-20(12)17-8)9(2)19-14(21)10-5-3-4-6-11(10)15(19)22/h3-7,9,17H,1-2H3. The van der Waals surface area contributed by atoms with Crippen LogP contribution < -0.4 is 0 Å². The fourth-order valence-corrected chi connectivity index (χ4v) is 2.76. The van der Waals surface area contributed by atoms with Crippen molar-refractivity contribution in [2.24, 2.45) is 0 Å². The number of amides is 2. The highest BCUT2D eigenvalue weighted by molar-refractivity contribution is 6.21. The van der Waals surface area contributed by atoms with Gasteiger partial charge in [-0.2, -0.15) is 4.63 Å². The summed E-state index contributed by atoms with van der Waals surface area (Å²) in [4.78, 5) is 30.5. The zero-order chi connectivity index (χ0) is 15.4. The van der Waals surface area contributed by atoms with Gasteiger partial charge in [0.2, 0.25) is 0 Å². The number of aromatic amines is 1. The molecule has 1 aromatic carbocycles. The predicted molar refractivity (Wildman–Crippen MR) is 77.4 cm³/mol. The summed E-state index contributed by atoms with van der Waals surface area (Å²) in [6.07, 6.45) is 0. The maximum Gasteiger partial charge on any atom is 0.262 e. The Kier molecular flexibility index (Phi) is 2.47. The van der Waals surface area contributed by atoms with Crippen LogP contribution >= 0.6 is 0 Å². The molecule has 3 heterocycles. The number of carbonyl (C=O) groups is 2. The van der Waals surface area contributed by atoms with E-state index in [9.17, 15) is 9.59 Å². The zero-order valence-corrected chi connectivity index (χ0v) is 12.1. The molecule has 1 aliphatic rings. The molecular formula is C15H13N5O2. The van der Waals surface area contributed by atoms with Gasteiger partial charge in [-0.25, -0.2) is 4.98 Å². The molecule has 0 fully saturated rings. The van der Waals surface area contributed by atoms with Crippen LogP contribution in [-0.4, -0.2) is 36.5 Å². The number of nitrogens with one attached hydrogen (secondary N) is 1. The Morgan fingerprint density at radius 3 is 2.36 bits per heavy atom. The van der Waals surface area contributed by atoms with Gasteiger partial charge in [0.1, 0.15) is 0 Å². The molecule has 7 nitrogen and oxygen atoms in total. The number of aromatic nitrogens is 4. The first-order valence-electron chi connectivity index (χ1n) is 6.95. The summed E-state index contributed by atoms with van der Waals surface area (Å²) in [6.45, 7) is 3.66. The van der Waals surface area contributed by atoms with E-state index in [4.69, 9.17) is 0 Å². The second-order valence-electron chi connectivity index (χ2n) is 5.38. The monoisotopic (exact) mass is 295 g/mol. The van der Waals surface area contributed by atoms with Crippen LogP contribution in [0.15, 0.2) is 30.3 Å². The van der Waals surface area contributed by atoms with E-state index in [1.165, 1.54) is 4.90 Å². The Bertz CT molecular complexity index is 857. The van der Waals surface area contributed by atoms with Crippen molar-refractivity contribution in [2.75, 3.05) is 0 Å². The molecule has 4 rings (SSSR count). The predicted octanol–water partition coefficient (Wildman–Crippen LogP) is 1.72. The van der Waals surface area contributed by atoms with Gasteiger partial charge in [0.25, 0.3) is 11.8 Å². The van der Waals surface area contributed by atoms with Crippen molar-refractivity contribution >= 4 is 17.5 Å². The molecule has 0 bridgehead atoms. The molecule has 0 saturated heterocycles. The summed E-state index contributed by atoms with van der Waals surface area (Å²) in [5.74, 6) is -0.175. The maximum absolute atomic E-state index is 12.5. The van der Waals surface area contributed by atoms with Gasteiger partial charge in [-0.3, -0.25) is 19.6 Å². The van der Waals surface area contributed by atoms with Crippen molar-refractivity contribution in [3.05, 3.63) is 53.0 Å². The fourth-order valence-electron chi connectivity index (χ4n) is 2.76. The number of rotatable bonds is 2. The number of aryl methyl sites for hydroxylation is 1. The normalized spacial score (nSPS) is 15.6. The third-order valence-electron chi connectivity index (χ3n) is 3.86. The molecule has 1 aliphatic heterocycles. The molecule has 3 aromatic rings. The van der Waals surface area contributed by atoms with Crippen molar-refractivity contribution < 1.29 is 9.59 Å². The van der Waals surface area contributed by atoms with E-state index in [0.29, 0.717) is 22.6 Å². The minimum Gasteiger partial charge on any atom is -0.281 e. The van der Waals surface area contributed by atoms with Crippen molar-refractivity contribution in [3.8, 4) is 0 Å². The largest absolute Gasteiger partial charge is 0.281 e. The van der Waals surface area contributed by atoms with E-state index in [1.807, 2.05) is 13.0 Å². The number of fused-ring (bicyclic) bond motifs is 2. The number of nitrogens with zero attached hydrogens (tertiary/aromatic N) is 4. The van der Waals surface area contributed by atoms with Crippen molar-refractivity contribution in [1.82, 2.24) is 24.7 Å². The lowest BCUT2D eigenvalue weighted by atomic mass is 10.1. The summed E-state index contributed by atoms with van der Waals surface area (Å²) >= 11 is 0. The first kappa shape index (κ1) is 12.8. The lowest BCUT2D eigenvalue weighted by Crippen LogP contribution is -2.33. The van der Waals surface area contributed by atoms with E-state index in [1.54, 1.807) is 35.8 Å². The van der Waals surface area contributed by atoms with Crippen molar-refractivity contribution in [1.29, 1.82) is 0 Å². The molecule has 2 amide bonds. The molecule has 0 aliphatic carbocycles. The molecule has 7 heteroatoms. The molecule has 0 spiro atoms. The minimum atomic E-state index is -0.527. The molecule has 0 radical (unpaired) electrons. The van der Waals surface area contributed by atoms with Gasteiger partial charge in [0.15, 0.2) is 11.5 Å². The zero-order valence-electron chi connectivity index (χ0n) is 12.1. The third kappa shape index (κ3) is 1.62. The minimum absolute atomic E-state index is 0.303. The van der Waals surface area contributed by atoms with E-state index in [2.05, 4.69) is 15.2 Å². The maximum atomic E-state index is 12.5. The smallest absolute Gasteiger partial charge is 0.262 e. The Hall–Kier alpha value is -2.96. The number of carbonyl (C=O) groups excluding carboxylic acids is 2. The number of hydrogen-bond donors (Lipinski definition) is 1. The van der Waals surface area contributed by atoms with Gasteiger partial charge in [-0.05, 0) is 26.0 Å². The molecule has 1 N–H and O–H groups in total. The van der Waals surface area contributed by atoms with Crippen LogP contribution in [0.25, 0.3) is 5.65 Å². The molecule has 110 valence electrons. The van der Waals surface area contributed by atoms with Crippen LogP contribution in [0.2, 0.25) is 0 Å². The number of hydrogen-bond acceptors (Lipinski definition) is 4. The van der Waals surface area contributed by atoms with E-state index in [-0.39, 0.29) is 11.8 Å². The summed E-state index contributed by atoms with van der Waals surface area (Å²) in [5.41, 5.74) is 2.46. The van der Waals surface area contributed by atoms with Gasteiger partial charge >= 0.3 is 0 Å². The van der Waals surface area contributed by atoms with Crippen LogP contribution in [0.4, 0.5) is 0 Å². The highest BCUT2D eigenvalue weighted by Gasteiger charge is 2.39. The average Bonchev–Trinajstić information content (AvgIpc) is 3.10. The Balaban J connectivity index is 1.74. The highest BCUT2D eigenvalue weighted by atomic mass is 16.2. The molecular weight excluding hydrogens is 282 g/mol. The van der Waals surface area contributed by atoms with E-state index >= 15 is 0 Å². The lowest BCUT2D eigenvalue weighted by Gasteiger charge is -2.19. The SMILES string of the molecule is Cc1cc2nc(C(C)N3C(=O)c4ccccc4C3=O)nn2[nH]1. The van der Waals surface area contributed by atoms with Gasteiger partial charge in [0.05, 0.1) is 17.2 Å². The summed E-state index contributed by atoms with van der Waals surface area (Å²) < 4.78 is 1.54. The lowest BCUT2D eigenvalue weighted by molar-refractivity contribution is 0.0589. The van der Waals surface area contributed by atoms with Gasteiger partial charge in [0, 0.05) is 11.8 Å². The first-order chi connectivity index (χ1) is 10.6. The molecule has 1 unspecified atom stereocenters. The Labute approximate surface area is 125 Å². The molecule has 22 heavy (non-hydrogen) atoms. The summed E-state index contributed by atoms with van der Waals surface area (Å²) in [7, 11) is 0. The second-order valence-corrected chi connectivity index (χ2v) is 5.38. The number of benzene rings is 1. The van der Waals surface area contributed by atoms with Gasteiger partial charge in [-0.15, -0.1) is 5.10 Å². The van der Waals surface area contributed by atoms with Gasteiger partial charge in [-0.1, -0.05) is 12.1 Å². The molecule has 2 aromatic heterocycles. The summed E-state index contributed by atoms with van der Waals surface area (Å²) in [6, 6.07) is 8.15. The molecule has 1 atom stereocenters. The number of H-pyrrole nitrogens is 1. The molecule has 0 saturated carbocycles. The second kappa shape index (κ2) is 4.27. The van der Waals surface area contributed by atoms with Crippen molar-refractivity contribution in [2.45, 2.75) is 19.9 Å². The highest BCUT2D eigenvalue weighted by Crippen LogP contribution is 2.29. The topological polar surface area (TPSA) is 83.4 Å². The fraction of sp³-hybridized carbons (Fsp3) is 0.200. The van der Waals surface area contributed by atoms with Crippen LogP contribution in [-0.2, 0) is 0 Å².